The molecule has 1 amide bonds. The molecule has 2 aromatic carbocycles. The van der Waals surface area contributed by atoms with E-state index in [1.54, 1.807) is 24.3 Å². The fourth-order valence-electron chi connectivity index (χ4n) is 3.48. The van der Waals surface area contributed by atoms with E-state index in [1.807, 2.05) is 0 Å². The van der Waals surface area contributed by atoms with Gasteiger partial charge in [0.2, 0.25) is 5.91 Å². The Morgan fingerprint density at radius 1 is 1.15 bits per heavy atom. The summed E-state index contributed by atoms with van der Waals surface area (Å²) in [5.41, 5.74) is 2.68. The van der Waals surface area contributed by atoms with Gasteiger partial charge in [0.15, 0.2) is 0 Å². The molecule has 1 heterocycles. The van der Waals surface area contributed by atoms with E-state index < -0.39 is 0 Å². The summed E-state index contributed by atoms with van der Waals surface area (Å²) in [5, 5.41) is 11.7. The third kappa shape index (κ3) is 5.40. The quantitative estimate of drug-likeness (QED) is 0.857. The molecule has 140 valence electrons. The molecule has 0 aliphatic carbocycles. The first-order valence-corrected chi connectivity index (χ1v) is 9.43. The summed E-state index contributed by atoms with van der Waals surface area (Å²) in [7, 11) is 2.18. The van der Waals surface area contributed by atoms with Crippen molar-refractivity contribution in [3.63, 3.8) is 0 Å². The van der Waals surface area contributed by atoms with Crippen molar-refractivity contribution in [2.45, 2.75) is 18.9 Å². The number of anilines is 1. The van der Waals surface area contributed by atoms with Gasteiger partial charge in [-0.1, -0.05) is 30.3 Å². The Labute approximate surface area is 161 Å². The number of hydrogen-bond acceptors (Lipinski definition) is 4. The molecule has 1 fully saturated rings. The maximum atomic E-state index is 12.1. The highest BCUT2D eigenvalue weighted by Crippen LogP contribution is 2.23. The van der Waals surface area contributed by atoms with Gasteiger partial charge in [0.1, 0.15) is 0 Å². The van der Waals surface area contributed by atoms with Crippen molar-refractivity contribution in [3.8, 4) is 6.07 Å². The number of carbonyl (C=O) groups excluding carboxylic acids is 1. The molecule has 27 heavy (non-hydrogen) atoms. The monoisotopic (exact) mass is 362 g/mol. The van der Waals surface area contributed by atoms with Crippen LogP contribution in [0.4, 0.5) is 5.69 Å². The van der Waals surface area contributed by atoms with Crippen LogP contribution >= 0.6 is 0 Å². The third-order valence-electron chi connectivity index (χ3n) is 5.09. The summed E-state index contributed by atoms with van der Waals surface area (Å²) in [6.45, 7) is 4.00. The van der Waals surface area contributed by atoms with Crippen LogP contribution in [0.25, 0.3) is 0 Å². The van der Waals surface area contributed by atoms with Crippen molar-refractivity contribution < 1.29 is 4.79 Å². The van der Waals surface area contributed by atoms with E-state index >= 15 is 0 Å². The molecule has 0 aromatic heterocycles. The molecule has 0 bridgehead atoms. The van der Waals surface area contributed by atoms with Gasteiger partial charge >= 0.3 is 0 Å². The summed E-state index contributed by atoms with van der Waals surface area (Å²) < 4.78 is 0. The molecule has 1 N–H and O–H groups in total. The first kappa shape index (κ1) is 19.1. The van der Waals surface area contributed by atoms with E-state index in [1.165, 1.54) is 5.56 Å². The van der Waals surface area contributed by atoms with Crippen LogP contribution in [0.15, 0.2) is 54.6 Å². The van der Waals surface area contributed by atoms with Crippen LogP contribution in [-0.4, -0.2) is 48.9 Å². The number of hydrogen-bond donors (Lipinski definition) is 1. The van der Waals surface area contributed by atoms with Crippen molar-refractivity contribution in [3.05, 3.63) is 65.7 Å². The van der Waals surface area contributed by atoms with Gasteiger partial charge in [0.05, 0.1) is 11.6 Å². The second-order valence-electron chi connectivity index (χ2n) is 7.05. The average molecular weight is 362 g/mol. The van der Waals surface area contributed by atoms with Gasteiger partial charge in [-0.2, -0.15) is 5.26 Å². The van der Waals surface area contributed by atoms with Gasteiger partial charge in [0, 0.05) is 37.8 Å². The van der Waals surface area contributed by atoms with Gasteiger partial charge in [-0.3, -0.25) is 9.69 Å². The molecule has 1 atom stereocenters. The minimum absolute atomic E-state index is 0.0217. The van der Waals surface area contributed by atoms with Crippen LogP contribution in [0.2, 0.25) is 0 Å². The number of carbonyl (C=O) groups is 1. The number of nitrogens with zero attached hydrogens (tertiary/aromatic N) is 3. The van der Waals surface area contributed by atoms with E-state index in [9.17, 15) is 4.79 Å². The van der Waals surface area contributed by atoms with Crippen LogP contribution in [-0.2, 0) is 4.79 Å². The van der Waals surface area contributed by atoms with E-state index in [2.05, 4.69) is 58.6 Å². The molecule has 1 saturated heterocycles. The van der Waals surface area contributed by atoms with Crippen LogP contribution in [0.3, 0.4) is 0 Å². The van der Waals surface area contributed by atoms with E-state index in [0.29, 0.717) is 18.0 Å². The third-order valence-corrected chi connectivity index (χ3v) is 5.09. The van der Waals surface area contributed by atoms with Gasteiger partial charge < -0.3 is 10.2 Å². The SMILES string of the molecule is CN1CCN(CCCC(=O)Nc2ccc(C#N)cc2)C[C@H]1c1ccccc1. The number of rotatable bonds is 6. The lowest BCUT2D eigenvalue weighted by Gasteiger charge is -2.39. The van der Waals surface area contributed by atoms with Gasteiger partial charge in [-0.05, 0) is 49.8 Å². The molecule has 0 saturated carbocycles. The lowest BCUT2D eigenvalue weighted by Crippen LogP contribution is -2.46. The zero-order valence-corrected chi connectivity index (χ0v) is 15.8. The first-order valence-electron chi connectivity index (χ1n) is 9.43. The number of benzene rings is 2. The Balaban J connectivity index is 1.44. The summed E-state index contributed by atoms with van der Waals surface area (Å²) in [6.07, 6.45) is 1.34. The minimum Gasteiger partial charge on any atom is -0.326 e. The fourth-order valence-corrected chi connectivity index (χ4v) is 3.48. The van der Waals surface area contributed by atoms with E-state index in [0.717, 1.165) is 38.3 Å². The topological polar surface area (TPSA) is 59.4 Å². The Morgan fingerprint density at radius 3 is 2.59 bits per heavy atom. The molecule has 2 aromatic rings. The second kappa shape index (κ2) is 9.31. The minimum atomic E-state index is 0.0217. The molecule has 0 spiro atoms. The van der Waals surface area contributed by atoms with Crippen LogP contribution in [0, 0.1) is 11.3 Å². The maximum absolute atomic E-state index is 12.1. The van der Waals surface area contributed by atoms with Crippen LogP contribution in [0.1, 0.15) is 30.0 Å². The van der Waals surface area contributed by atoms with E-state index in [4.69, 9.17) is 5.26 Å². The largest absolute Gasteiger partial charge is 0.326 e. The second-order valence-corrected chi connectivity index (χ2v) is 7.05. The molecule has 1 aliphatic rings. The van der Waals surface area contributed by atoms with Crippen molar-refractivity contribution in [1.29, 1.82) is 5.26 Å². The van der Waals surface area contributed by atoms with Gasteiger partial charge in [-0.25, -0.2) is 0 Å². The number of nitrogens with one attached hydrogen (secondary N) is 1. The highest BCUT2D eigenvalue weighted by Gasteiger charge is 2.25. The Morgan fingerprint density at radius 2 is 1.89 bits per heavy atom. The molecule has 3 rings (SSSR count). The summed E-state index contributed by atoms with van der Waals surface area (Å²) in [6, 6.07) is 20.1. The lowest BCUT2D eigenvalue weighted by atomic mass is 10.0. The predicted molar refractivity (Wildman–Crippen MR) is 107 cm³/mol. The molecular weight excluding hydrogens is 336 g/mol. The summed E-state index contributed by atoms with van der Waals surface area (Å²) >= 11 is 0. The molecular formula is C22H26N4O. The van der Waals surface area contributed by atoms with Crippen LogP contribution < -0.4 is 5.32 Å². The standard InChI is InChI=1S/C22H26N4O/c1-25-14-15-26(17-21(25)19-6-3-2-4-7-19)13-5-8-22(27)24-20-11-9-18(16-23)10-12-20/h2-4,6-7,9-12,21H,5,8,13-15,17H2,1H3,(H,24,27)/t21-/m0/s1. The fraction of sp³-hybridized carbons (Fsp3) is 0.364. The van der Waals surface area contributed by atoms with Gasteiger partial charge in [-0.15, -0.1) is 0 Å². The Bertz CT molecular complexity index is 782. The number of likely N-dealkylation sites (N-methyl/N-ethyl adjacent to an activating group) is 1. The van der Waals surface area contributed by atoms with Crippen molar-refractivity contribution in [2.24, 2.45) is 0 Å². The highest BCUT2D eigenvalue weighted by atomic mass is 16.1. The van der Waals surface area contributed by atoms with Gasteiger partial charge in [0.25, 0.3) is 0 Å². The zero-order chi connectivity index (χ0) is 19.1. The smallest absolute Gasteiger partial charge is 0.224 e. The predicted octanol–water partition coefficient (Wildman–Crippen LogP) is 3.27. The highest BCUT2D eigenvalue weighted by molar-refractivity contribution is 5.90. The Kier molecular flexibility index (Phi) is 6.59. The van der Waals surface area contributed by atoms with Crippen molar-refractivity contribution in [1.82, 2.24) is 9.80 Å². The number of amides is 1. The zero-order valence-electron chi connectivity index (χ0n) is 15.8. The first-order chi connectivity index (χ1) is 13.2. The lowest BCUT2D eigenvalue weighted by molar-refractivity contribution is -0.116. The Hall–Kier alpha value is -2.68. The normalized spacial score (nSPS) is 18.0. The summed E-state index contributed by atoms with van der Waals surface area (Å²) in [4.78, 5) is 17.0. The van der Waals surface area contributed by atoms with Crippen molar-refractivity contribution in [2.75, 3.05) is 38.5 Å². The number of nitriles is 1. The molecule has 0 radical (unpaired) electrons. The maximum Gasteiger partial charge on any atom is 0.224 e. The average Bonchev–Trinajstić information content (AvgIpc) is 2.70. The molecule has 1 aliphatic heterocycles. The molecule has 5 heteroatoms. The summed E-state index contributed by atoms with van der Waals surface area (Å²) in [5.74, 6) is 0.0217. The van der Waals surface area contributed by atoms with Crippen LogP contribution in [0.5, 0.6) is 0 Å². The number of piperazine rings is 1. The molecule has 5 nitrogen and oxygen atoms in total. The van der Waals surface area contributed by atoms with Crippen molar-refractivity contribution >= 4 is 11.6 Å². The molecule has 0 unspecified atom stereocenters. The van der Waals surface area contributed by atoms with E-state index in [-0.39, 0.29) is 5.91 Å².